The van der Waals surface area contributed by atoms with Crippen LogP contribution in [0.5, 0.6) is 0 Å². The Balaban J connectivity index is 2.03. The Morgan fingerprint density at radius 1 is 1.40 bits per heavy atom. The fourth-order valence-corrected chi connectivity index (χ4v) is 3.29. The standard InChI is InChI=1S/C14H20N2O3S/c1-9(2)16-7-6-10(8-16)15(3)13(17)11-4-5-12(20-11)14(18)19/h4-5,9-10H,6-8H2,1-3H3,(H,18,19). The van der Waals surface area contributed by atoms with Crippen molar-refractivity contribution in [3.8, 4) is 0 Å². The van der Waals surface area contributed by atoms with Crippen molar-refractivity contribution < 1.29 is 14.7 Å². The van der Waals surface area contributed by atoms with Gasteiger partial charge in [-0.3, -0.25) is 9.69 Å². The second-order valence-electron chi connectivity index (χ2n) is 5.42. The molecule has 1 N–H and O–H groups in total. The number of rotatable bonds is 4. The van der Waals surface area contributed by atoms with Gasteiger partial charge < -0.3 is 10.0 Å². The first-order valence-electron chi connectivity index (χ1n) is 6.74. The van der Waals surface area contributed by atoms with Crippen molar-refractivity contribution in [1.82, 2.24) is 9.80 Å². The summed E-state index contributed by atoms with van der Waals surface area (Å²) in [5.41, 5.74) is 0. The number of thiophene rings is 1. The number of carboxylic acids is 1. The van der Waals surface area contributed by atoms with Gasteiger partial charge in [0.1, 0.15) is 4.88 Å². The van der Waals surface area contributed by atoms with Crippen molar-refractivity contribution in [3.05, 3.63) is 21.9 Å². The Labute approximate surface area is 122 Å². The Morgan fingerprint density at radius 3 is 2.55 bits per heavy atom. The van der Waals surface area contributed by atoms with E-state index in [1.165, 1.54) is 6.07 Å². The minimum atomic E-state index is -0.983. The lowest BCUT2D eigenvalue weighted by atomic mass is 10.2. The second kappa shape index (κ2) is 5.93. The minimum Gasteiger partial charge on any atom is -0.477 e. The number of hydrogen-bond donors (Lipinski definition) is 1. The molecule has 110 valence electrons. The minimum absolute atomic E-state index is 0.0851. The summed E-state index contributed by atoms with van der Waals surface area (Å²) in [6.07, 6.45) is 0.970. The molecule has 0 saturated carbocycles. The quantitative estimate of drug-likeness (QED) is 0.923. The van der Waals surface area contributed by atoms with Crippen LogP contribution in [-0.4, -0.2) is 59.0 Å². The van der Waals surface area contributed by atoms with Gasteiger partial charge >= 0.3 is 5.97 Å². The van der Waals surface area contributed by atoms with Gasteiger partial charge in [-0.2, -0.15) is 0 Å². The monoisotopic (exact) mass is 296 g/mol. The third kappa shape index (κ3) is 3.02. The zero-order chi connectivity index (χ0) is 14.9. The van der Waals surface area contributed by atoms with Crippen molar-refractivity contribution in [2.75, 3.05) is 20.1 Å². The third-order valence-electron chi connectivity index (χ3n) is 3.82. The highest BCUT2D eigenvalue weighted by atomic mass is 32.1. The number of likely N-dealkylation sites (tertiary alicyclic amines) is 1. The molecule has 1 saturated heterocycles. The smallest absolute Gasteiger partial charge is 0.345 e. The predicted octanol–water partition coefficient (Wildman–Crippen LogP) is 2.00. The van der Waals surface area contributed by atoms with Gasteiger partial charge in [0.05, 0.1) is 4.88 Å². The molecule has 1 amide bonds. The molecule has 20 heavy (non-hydrogen) atoms. The molecule has 0 aliphatic carbocycles. The average Bonchev–Trinajstić information content (AvgIpc) is 3.05. The Bertz CT molecular complexity index is 512. The summed E-state index contributed by atoms with van der Waals surface area (Å²) in [6.45, 7) is 6.20. The van der Waals surface area contributed by atoms with Crippen molar-refractivity contribution in [2.24, 2.45) is 0 Å². The highest BCUT2D eigenvalue weighted by Crippen LogP contribution is 2.22. The zero-order valence-electron chi connectivity index (χ0n) is 12.0. The van der Waals surface area contributed by atoms with Crippen LogP contribution in [0.15, 0.2) is 12.1 Å². The third-order valence-corrected chi connectivity index (χ3v) is 4.88. The molecule has 1 aliphatic heterocycles. The summed E-state index contributed by atoms with van der Waals surface area (Å²) in [4.78, 5) is 28.0. The summed E-state index contributed by atoms with van der Waals surface area (Å²) in [7, 11) is 1.80. The number of carboxylic acid groups (broad SMARTS) is 1. The molecule has 6 heteroatoms. The van der Waals surface area contributed by atoms with Crippen LogP contribution >= 0.6 is 11.3 Å². The lowest BCUT2D eigenvalue weighted by Crippen LogP contribution is -2.39. The Morgan fingerprint density at radius 2 is 2.05 bits per heavy atom. The number of aromatic carboxylic acids is 1. The van der Waals surface area contributed by atoms with Crippen LogP contribution in [0.25, 0.3) is 0 Å². The van der Waals surface area contributed by atoms with E-state index in [0.717, 1.165) is 30.8 Å². The van der Waals surface area contributed by atoms with Gasteiger partial charge in [-0.1, -0.05) is 0 Å². The summed E-state index contributed by atoms with van der Waals surface area (Å²) in [5.74, 6) is -1.07. The first-order valence-corrected chi connectivity index (χ1v) is 7.56. The number of carbonyl (C=O) groups excluding carboxylic acids is 1. The van der Waals surface area contributed by atoms with Gasteiger partial charge in [0.2, 0.25) is 0 Å². The van der Waals surface area contributed by atoms with Crippen LogP contribution in [-0.2, 0) is 0 Å². The SMILES string of the molecule is CC(C)N1CCC(N(C)C(=O)c2ccc(C(=O)O)s2)C1. The molecule has 0 spiro atoms. The lowest BCUT2D eigenvalue weighted by molar-refractivity contribution is 0.0701. The van der Waals surface area contributed by atoms with Crippen molar-refractivity contribution in [2.45, 2.75) is 32.4 Å². The van der Waals surface area contributed by atoms with Crippen molar-refractivity contribution in [1.29, 1.82) is 0 Å². The lowest BCUT2D eigenvalue weighted by Gasteiger charge is -2.25. The molecule has 2 heterocycles. The number of amides is 1. The number of nitrogens with zero attached hydrogens (tertiary/aromatic N) is 2. The topological polar surface area (TPSA) is 60.9 Å². The maximum atomic E-state index is 12.4. The van der Waals surface area contributed by atoms with E-state index in [9.17, 15) is 9.59 Å². The van der Waals surface area contributed by atoms with E-state index in [-0.39, 0.29) is 16.8 Å². The van der Waals surface area contributed by atoms with E-state index < -0.39 is 5.97 Å². The second-order valence-corrected chi connectivity index (χ2v) is 6.50. The van der Waals surface area contributed by atoms with E-state index in [1.807, 2.05) is 0 Å². The first kappa shape index (κ1) is 15.0. The fourth-order valence-electron chi connectivity index (χ4n) is 2.46. The van der Waals surface area contributed by atoms with Crippen LogP contribution < -0.4 is 0 Å². The largest absolute Gasteiger partial charge is 0.477 e. The van der Waals surface area contributed by atoms with Crippen LogP contribution in [0, 0.1) is 0 Å². The maximum Gasteiger partial charge on any atom is 0.345 e. The van der Waals surface area contributed by atoms with Gasteiger partial charge in [0.25, 0.3) is 5.91 Å². The molecule has 0 aromatic carbocycles. The summed E-state index contributed by atoms with van der Waals surface area (Å²) < 4.78 is 0. The summed E-state index contributed by atoms with van der Waals surface area (Å²) in [5, 5.41) is 8.90. The Hall–Kier alpha value is -1.40. The normalized spacial score (nSPS) is 19.5. The van der Waals surface area contributed by atoms with E-state index in [1.54, 1.807) is 18.0 Å². The first-order chi connectivity index (χ1) is 9.40. The van der Waals surface area contributed by atoms with Crippen molar-refractivity contribution in [3.63, 3.8) is 0 Å². The highest BCUT2D eigenvalue weighted by molar-refractivity contribution is 7.15. The fraction of sp³-hybridized carbons (Fsp3) is 0.571. The predicted molar refractivity (Wildman–Crippen MR) is 78.5 cm³/mol. The van der Waals surface area contributed by atoms with Gasteiger partial charge in [0.15, 0.2) is 0 Å². The van der Waals surface area contributed by atoms with Crippen LogP contribution in [0.1, 0.15) is 39.6 Å². The molecule has 2 rings (SSSR count). The molecular formula is C14H20N2O3S. The molecule has 1 atom stereocenters. The molecule has 5 nitrogen and oxygen atoms in total. The van der Waals surface area contributed by atoms with Crippen LogP contribution in [0.4, 0.5) is 0 Å². The number of likely N-dealkylation sites (N-methyl/N-ethyl adjacent to an activating group) is 1. The van der Waals surface area contributed by atoms with E-state index in [0.29, 0.717) is 10.9 Å². The number of carbonyl (C=O) groups is 2. The van der Waals surface area contributed by atoms with E-state index in [4.69, 9.17) is 5.11 Å². The van der Waals surface area contributed by atoms with Crippen molar-refractivity contribution >= 4 is 23.2 Å². The van der Waals surface area contributed by atoms with Crippen LogP contribution in [0.2, 0.25) is 0 Å². The van der Waals surface area contributed by atoms with E-state index in [2.05, 4.69) is 18.7 Å². The molecule has 1 fully saturated rings. The molecule has 0 bridgehead atoms. The molecule has 0 radical (unpaired) electrons. The molecule has 1 unspecified atom stereocenters. The molecule has 1 aliphatic rings. The number of hydrogen-bond acceptors (Lipinski definition) is 4. The maximum absolute atomic E-state index is 12.4. The van der Waals surface area contributed by atoms with Gasteiger partial charge in [-0.05, 0) is 32.4 Å². The average molecular weight is 296 g/mol. The Kier molecular flexibility index (Phi) is 4.45. The highest BCUT2D eigenvalue weighted by Gasteiger charge is 2.30. The molecule has 1 aromatic rings. The van der Waals surface area contributed by atoms with Crippen LogP contribution in [0.3, 0.4) is 0 Å². The van der Waals surface area contributed by atoms with Gasteiger partial charge in [0, 0.05) is 32.2 Å². The van der Waals surface area contributed by atoms with E-state index >= 15 is 0 Å². The summed E-state index contributed by atoms with van der Waals surface area (Å²) >= 11 is 1.04. The van der Waals surface area contributed by atoms with Gasteiger partial charge in [-0.15, -0.1) is 11.3 Å². The van der Waals surface area contributed by atoms with Gasteiger partial charge in [-0.25, -0.2) is 4.79 Å². The zero-order valence-corrected chi connectivity index (χ0v) is 12.8. The molecule has 1 aromatic heterocycles. The molecular weight excluding hydrogens is 276 g/mol. The summed E-state index contributed by atoms with van der Waals surface area (Å²) in [6, 6.07) is 3.79.